The van der Waals surface area contributed by atoms with Crippen LogP contribution in [0.3, 0.4) is 0 Å². The highest BCUT2D eigenvalue weighted by atomic mass is 32.2. The second kappa shape index (κ2) is 8.17. The molecule has 0 N–H and O–H groups in total. The highest BCUT2D eigenvalue weighted by Crippen LogP contribution is 2.39. The van der Waals surface area contributed by atoms with Gasteiger partial charge < -0.3 is 0 Å². The molecule has 0 heterocycles. The molecule has 0 amide bonds. The Kier molecular flexibility index (Phi) is 5.72. The molecule has 126 valence electrons. The molecule has 0 saturated heterocycles. The van der Waals surface area contributed by atoms with E-state index in [1.54, 1.807) is 11.8 Å². The van der Waals surface area contributed by atoms with Crippen LogP contribution >= 0.6 is 11.8 Å². The third-order valence-electron chi connectivity index (χ3n) is 4.16. The fraction of sp³-hybridized carbons (Fsp3) is 0.174. The zero-order valence-corrected chi connectivity index (χ0v) is 15.2. The maximum absolute atomic E-state index is 12.8. The van der Waals surface area contributed by atoms with Crippen molar-refractivity contribution in [2.24, 2.45) is 0 Å². The molecule has 0 bridgehead atoms. The van der Waals surface area contributed by atoms with Crippen molar-refractivity contribution >= 4 is 17.5 Å². The quantitative estimate of drug-likeness (QED) is 0.382. The number of thioether (sulfide) groups is 1. The van der Waals surface area contributed by atoms with Gasteiger partial charge in [0.15, 0.2) is 5.78 Å². The van der Waals surface area contributed by atoms with Crippen LogP contribution in [0.1, 0.15) is 29.3 Å². The topological polar surface area (TPSA) is 17.1 Å². The van der Waals surface area contributed by atoms with Crippen LogP contribution in [0, 0.1) is 0 Å². The Balaban J connectivity index is 1.84. The summed E-state index contributed by atoms with van der Waals surface area (Å²) in [5.41, 5.74) is 2.05. The van der Waals surface area contributed by atoms with Crippen LogP contribution in [-0.4, -0.2) is 10.5 Å². The third kappa shape index (κ3) is 5.07. The van der Waals surface area contributed by atoms with E-state index in [2.05, 4.69) is 43.3 Å². The van der Waals surface area contributed by atoms with Crippen LogP contribution in [0.25, 0.3) is 0 Å². The second-order valence-electron chi connectivity index (χ2n) is 6.49. The predicted octanol–water partition coefficient (Wildman–Crippen LogP) is 6.05. The average Bonchev–Trinajstić information content (AvgIpc) is 2.64. The minimum Gasteiger partial charge on any atom is -0.294 e. The van der Waals surface area contributed by atoms with Gasteiger partial charge in [0.1, 0.15) is 0 Å². The lowest BCUT2D eigenvalue weighted by atomic mass is 9.93. The summed E-state index contributed by atoms with van der Waals surface area (Å²) >= 11 is 1.79. The minimum absolute atomic E-state index is 0.197. The van der Waals surface area contributed by atoms with Crippen molar-refractivity contribution in [2.45, 2.75) is 29.4 Å². The van der Waals surface area contributed by atoms with Gasteiger partial charge in [0.25, 0.3) is 0 Å². The first-order valence-corrected chi connectivity index (χ1v) is 9.33. The summed E-state index contributed by atoms with van der Waals surface area (Å²) in [5, 5.41) is 0. The average molecular weight is 346 g/mol. The lowest BCUT2D eigenvalue weighted by Gasteiger charge is -2.29. The molecule has 3 rings (SSSR count). The Morgan fingerprint density at radius 3 is 1.92 bits per heavy atom. The van der Waals surface area contributed by atoms with Crippen LogP contribution in [0.15, 0.2) is 95.9 Å². The largest absolute Gasteiger partial charge is 0.294 e. The van der Waals surface area contributed by atoms with Crippen LogP contribution in [0.5, 0.6) is 0 Å². The molecule has 0 radical (unpaired) electrons. The molecule has 1 atom stereocenters. The molecule has 0 fully saturated rings. The number of carbonyl (C=O) groups is 1. The summed E-state index contributed by atoms with van der Waals surface area (Å²) in [7, 11) is 0. The van der Waals surface area contributed by atoms with Gasteiger partial charge in [-0.2, -0.15) is 0 Å². The van der Waals surface area contributed by atoms with Crippen LogP contribution in [0.2, 0.25) is 0 Å². The zero-order chi connectivity index (χ0) is 17.5. The van der Waals surface area contributed by atoms with Gasteiger partial charge >= 0.3 is 0 Å². The summed E-state index contributed by atoms with van der Waals surface area (Å²) in [6, 6.07) is 30.3. The number of benzene rings is 3. The van der Waals surface area contributed by atoms with Crippen molar-refractivity contribution in [1.29, 1.82) is 0 Å². The predicted molar refractivity (Wildman–Crippen MR) is 106 cm³/mol. The molecule has 0 saturated carbocycles. The molecule has 0 aromatic heterocycles. The van der Waals surface area contributed by atoms with Crippen molar-refractivity contribution in [2.75, 3.05) is 0 Å². The fourth-order valence-electron chi connectivity index (χ4n) is 3.00. The second-order valence-corrected chi connectivity index (χ2v) is 8.15. The Bertz CT molecular complexity index is 756. The maximum Gasteiger partial charge on any atom is 0.164 e. The molecule has 3 aromatic carbocycles. The lowest BCUT2D eigenvalue weighted by molar-refractivity contribution is 0.0971. The molecule has 1 nitrogen and oxygen atoms in total. The first-order chi connectivity index (χ1) is 12.1. The summed E-state index contributed by atoms with van der Waals surface area (Å²) in [4.78, 5) is 14.0. The van der Waals surface area contributed by atoms with Crippen molar-refractivity contribution in [3.05, 3.63) is 102 Å². The van der Waals surface area contributed by atoms with E-state index in [0.717, 1.165) is 12.0 Å². The molecule has 0 spiro atoms. The SMILES string of the molecule is CC(CC(=O)c1ccccc1)(Cc1ccccc1)Sc1ccccc1. The van der Waals surface area contributed by atoms with Gasteiger partial charge in [0.05, 0.1) is 0 Å². The van der Waals surface area contributed by atoms with Gasteiger partial charge in [-0.15, -0.1) is 11.8 Å². The molecule has 0 aliphatic rings. The smallest absolute Gasteiger partial charge is 0.164 e. The van der Waals surface area contributed by atoms with Gasteiger partial charge in [-0.25, -0.2) is 0 Å². The third-order valence-corrected chi connectivity index (χ3v) is 5.45. The number of rotatable bonds is 7. The molecule has 25 heavy (non-hydrogen) atoms. The Hall–Kier alpha value is -2.32. The standard InChI is InChI=1S/C23H22OS/c1-23(17-19-11-5-2-6-12-19,25-21-15-9-4-10-16-21)18-22(24)20-13-7-3-8-14-20/h2-16H,17-18H2,1H3. The summed E-state index contributed by atoms with van der Waals surface area (Å²) < 4.78 is -0.199. The highest BCUT2D eigenvalue weighted by molar-refractivity contribution is 8.00. The number of hydrogen-bond acceptors (Lipinski definition) is 2. The van der Waals surface area contributed by atoms with Crippen molar-refractivity contribution < 1.29 is 4.79 Å². The van der Waals surface area contributed by atoms with Gasteiger partial charge in [-0.05, 0) is 31.0 Å². The monoisotopic (exact) mass is 346 g/mol. The van der Waals surface area contributed by atoms with Gasteiger partial charge in [0, 0.05) is 21.6 Å². The van der Waals surface area contributed by atoms with Crippen LogP contribution < -0.4 is 0 Å². The van der Waals surface area contributed by atoms with E-state index in [4.69, 9.17) is 0 Å². The first-order valence-electron chi connectivity index (χ1n) is 8.51. The number of ketones is 1. The fourth-order valence-corrected chi connectivity index (χ4v) is 4.31. The summed E-state index contributed by atoms with van der Waals surface area (Å²) in [5.74, 6) is 0.197. The van der Waals surface area contributed by atoms with E-state index in [-0.39, 0.29) is 10.5 Å². The number of hydrogen-bond donors (Lipinski definition) is 0. The molecule has 0 aliphatic carbocycles. The maximum atomic E-state index is 12.8. The van der Waals surface area contributed by atoms with E-state index in [1.165, 1.54) is 10.5 Å². The van der Waals surface area contributed by atoms with E-state index in [0.29, 0.717) is 6.42 Å². The Morgan fingerprint density at radius 2 is 1.32 bits per heavy atom. The van der Waals surface area contributed by atoms with Crippen molar-refractivity contribution in [1.82, 2.24) is 0 Å². The Morgan fingerprint density at radius 1 is 0.800 bits per heavy atom. The Labute approximate surface area is 154 Å². The zero-order valence-electron chi connectivity index (χ0n) is 14.4. The van der Waals surface area contributed by atoms with E-state index in [1.807, 2.05) is 54.6 Å². The number of Topliss-reactive ketones (excluding diaryl/α,β-unsaturated/α-hetero) is 1. The molecule has 3 aromatic rings. The molecular weight excluding hydrogens is 324 g/mol. The summed E-state index contributed by atoms with van der Waals surface area (Å²) in [6.07, 6.45) is 1.36. The molecule has 1 unspecified atom stereocenters. The van der Waals surface area contributed by atoms with Crippen LogP contribution in [0.4, 0.5) is 0 Å². The van der Waals surface area contributed by atoms with E-state index < -0.39 is 0 Å². The van der Waals surface area contributed by atoms with Gasteiger partial charge in [-0.1, -0.05) is 78.9 Å². The number of carbonyl (C=O) groups excluding carboxylic acids is 1. The highest BCUT2D eigenvalue weighted by Gasteiger charge is 2.29. The summed E-state index contributed by atoms with van der Waals surface area (Å²) in [6.45, 7) is 2.19. The molecule has 0 aliphatic heterocycles. The minimum atomic E-state index is -0.199. The van der Waals surface area contributed by atoms with E-state index in [9.17, 15) is 4.79 Å². The van der Waals surface area contributed by atoms with E-state index >= 15 is 0 Å². The normalized spacial score (nSPS) is 13.2. The van der Waals surface area contributed by atoms with Crippen molar-refractivity contribution in [3.8, 4) is 0 Å². The first kappa shape index (κ1) is 17.5. The molecular formula is C23H22OS. The van der Waals surface area contributed by atoms with Crippen molar-refractivity contribution in [3.63, 3.8) is 0 Å². The van der Waals surface area contributed by atoms with Gasteiger partial charge in [-0.3, -0.25) is 4.79 Å². The lowest BCUT2D eigenvalue weighted by Crippen LogP contribution is -2.27. The molecule has 2 heteroatoms. The van der Waals surface area contributed by atoms with Gasteiger partial charge in [0.2, 0.25) is 0 Å². The van der Waals surface area contributed by atoms with Crippen LogP contribution in [-0.2, 0) is 6.42 Å².